The number of aryl methyl sites for hydroxylation is 1. The van der Waals surface area contributed by atoms with Crippen LogP contribution in [0.25, 0.3) is 11.0 Å². The molecular weight excluding hydrogens is 296 g/mol. The highest BCUT2D eigenvalue weighted by atomic mass is 16.4. The molecule has 0 aliphatic heterocycles. The Hall–Kier alpha value is -3.08. The Kier molecular flexibility index (Phi) is 3.62. The van der Waals surface area contributed by atoms with Crippen LogP contribution in [0.3, 0.4) is 0 Å². The van der Waals surface area contributed by atoms with E-state index in [-0.39, 0.29) is 5.76 Å². The van der Waals surface area contributed by atoms with Gasteiger partial charge in [-0.3, -0.25) is 4.79 Å². The SMILES string of the molecule is Cc1c(C(=O)O)oc2cccc(C(C(=O)O)c3ccccc3)c12. The predicted molar refractivity (Wildman–Crippen MR) is 83.8 cm³/mol. The summed E-state index contributed by atoms with van der Waals surface area (Å²) in [6.07, 6.45) is 0. The molecule has 0 aliphatic rings. The lowest BCUT2D eigenvalue weighted by Gasteiger charge is -2.14. The van der Waals surface area contributed by atoms with Crippen LogP contribution in [-0.4, -0.2) is 22.2 Å². The van der Waals surface area contributed by atoms with Crippen molar-refractivity contribution < 1.29 is 24.2 Å². The molecular formula is C18H14O5. The first kappa shape index (κ1) is 14.8. The van der Waals surface area contributed by atoms with Crippen molar-refractivity contribution in [3.63, 3.8) is 0 Å². The number of benzene rings is 2. The standard InChI is InChI=1S/C18H14O5/c1-10-14-12(8-5-9-13(14)23-16(10)18(21)22)15(17(19)20)11-6-3-2-4-7-11/h2-9,15H,1H3,(H,19,20)(H,21,22). The van der Waals surface area contributed by atoms with E-state index in [4.69, 9.17) is 4.42 Å². The molecule has 1 heterocycles. The van der Waals surface area contributed by atoms with Gasteiger partial charge >= 0.3 is 11.9 Å². The maximum Gasteiger partial charge on any atom is 0.372 e. The van der Waals surface area contributed by atoms with Gasteiger partial charge < -0.3 is 14.6 Å². The lowest BCUT2D eigenvalue weighted by Crippen LogP contribution is -2.13. The van der Waals surface area contributed by atoms with Crippen LogP contribution in [0.15, 0.2) is 52.9 Å². The van der Waals surface area contributed by atoms with E-state index in [1.54, 1.807) is 49.4 Å². The van der Waals surface area contributed by atoms with E-state index in [2.05, 4.69) is 0 Å². The minimum atomic E-state index is -1.17. The third-order valence-electron chi connectivity index (χ3n) is 3.87. The molecule has 0 bridgehead atoms. The van der Waals surface area contributed by atoms with E-state index in [1.165, 1.54) is 0 Å². The molecule has 0 saturated carbocycles. The minimum absolute atomic E-state index is 0.162. The maximum absolute atomic E-state index is 11.8. The van der Waals surface area contributed by atoms with E-state index in [0.717, 1.165) is 0 Å². The highest BCUT2D eigenvalue weighted by Crippen LogP contribution is 2.35. The van der Waals surface area contributed by atoms with Crippen LogP contribution in [0.1, 0.15) is 33.2 Å². The van der Waals surface area contributed by atoms with Crippen molar-refractivity contribution in [1.82, 2.24) is 0 Å². The number of aliphatic carboxylic acids is 1. The highest BCUT2D eigenvalue weighted by Gasteiger charge is 2.27. The first-order valence-corrected chi connectivity index (χ1v) is 7.03. The van der Waals surface area contributed by atoms with Crippen LogP contribution in [0, 0.1) is 6.92 Å². The third kappa shape index (κ3) is 2.46. The van der Waals surface area contributed by atoms with Gasteiger partial charge in [-0.15, -0.1) is 0 Å². The lowest BCUT2D eigenvalue weighted by molar-refractivity contribution is -0.137. The zero-order valence-electron chi connectivity index (χ0n) is 12.3. The molecule has 0 fully saturated rings. The molecule has 1 aromatic heterocycles. The number of hydrogen-bond acceptors (Lipinski definition) is 3. The van der Waals surface area contributed by atoms with Crippen molar-refractivity contribution in [1.29, 1.82) is 0 Å². The van der Waals surface area contributed by atoms with Crippen molar-refractivity contribution in [2.24, 2.45) is 0 Å². The van der Waals surface area contributed by atoms with E-state index in [0.29, 0.717) is 27.7 Å². The van der Waals surface area contributed by atoms with E-state index in [1.807, 2.05) is 6.07 Å². The number of furan rings is 1. The van der Waals surface area contributed by atoms with Gasteiger partial charge in [0.1, 0.15) is 11.5 Å². The van der Waals surface area contributed by atoms with Crippen LogP contribution in [0.4, 0.5) is 0 Å². The van der Waals surface area contributed by atoms with Gasteiger partial charge in [0, 0.05) is 10.9 Å². The smallest absolute Gasteiger partial charge is 0.372 e. The van der Waals surface area contributed by atoms with Crippen molar-refractivity contribution in [3.05, 3.63) is 71.0 Å². The minimum Gasteiger partial charge on any atom is -0.481 e. The fraction of sp³-hybridized carbons (Fsp3) is 0.111. The molecule has 23 heavy (non-hydrogen) atoms. The van der Waals surface area contributed by atoms with Crippen LogP contribution in [0.5, 0.6) is 0 Å². The van der Waals surface area contributed by atoms with Gasteiger partial charge in [-0.05, 0) is 24.1 Å². The predicted octanol–water partition coefficient (Wildman–Crippen LogP) is 3.66. The Morgan fingerprint density at radius 3 is 2.30 bits per heavy atom. The molecule has 0 saturated heterocycles. The molecule has 3 aromatic rings. The number of rotatable bonds is 4. The molecule has 1 atom stereocenters. The molecule has 2 N–H and O–H groups in total. The number of hydrogen-bond donors (Lipinski definition) is 2. The normalized spacial score (nSPS) is 12.2. The van der Waals surface area contributed by atoms with E-state index >= 15 is 0 Å². The molecule has 0 radical (unpaired) electrons. The summed E-state index contributed by atoms with van der Waals surface area (Å²) < 4.78 is 5.37. The average molecular weight is 310 g/mol. The topological polar surface area (TPSA) is 87.7 Å². The molecule has 0 amide bonds. The summed E-state index contributed by atoms with van der Waals surface area (Å²) in [6.45, 7) is 1.63. The summed E-state index contributed by atoms with van der Waals surface area (Å²) >= 11 is 0. The van der Waals surface area contributed by atoms with E-state index in [9.17, 15) is 19.8 Å². The highest BCUT2D eigenvalue weighted by molar-refractivity contribution is 5.98. The van der Waals surface area contributed by atoms with Gasteiger partial charge in [-0.2, -0.15) is 0 Å². The Bertz CT molecular complexity index is 892. The van der Waals surface area contributed by atoms with Gasteiger partial charge in [0.2, 0.25) is 5.76 Å². The number of carbonyl (C=O) groups is 2. The summed E-state index contributed by atoms with van der Waals surface area (Å²) in [6, 6.07) is 13.9. The molecule has 3 rings (SSSR count). The van der Waals surface area contributed by atoms with Crippen LogP contribution < -0.4 is 0 Å². The zero-order valence-corrected chi connectivity index (χ0v) is 12.3. The molecule has 116 valence electrons. The number of fused-ring (bicyclic) bond motifs is 1. The summed E-state index contributed by atoms with van der Waals surface area (Å²) in [5.74, 6) is -3.22. The number of carboxylic acids is 2. The second-order valence-corrected chi connectivity index (χ2v) is 5.26. The van der Waals surface area contributed by atoms with Gasteiger partial charge in [0.05, 0.1) is 0 Å². The Balaban J connectivity index is 2.29. The number of carboxylic acid groups (broad SMARTS) is 2. The fourth-order valence-corrected chi connectivity index (χ4v) is 2.88. The number of aromatic carboxylic acids is 1. The largest absolute Gasteiger partial charge is 0.481 e. The Morgan fingerprint density at radius 1 is 1.00 bits per heavy atom. The van der Waals surface area contributed by atoms with Crippen LogP contribution in [-0.2, 0) is 4.79 Å². The molecule has 5 nitrogen and oxygen atoms in total. The summed E-state index contributed by atoms with van der Waals surface area (Å²) in [4.78, 5) is 23.1. The first-order valence-electron chi connectivity index (χ1n) is 7.03. The molecule has 0 spiro atoms. The van der Waals surface area contributed by atoms with Gasteiger partial charge in [-0.25, -0.2) is 4.79 Å². The maximum atomic E-state index is 11.8. The fourth-order valence-electron chi connectivity index (χ4n) is 2.88. The summed E-state index contributed by atoms with van der Waals surface area (Å²) in [5, 5.41) is 19.5. The first-order chi connectivity index (χ1) is 11.0. The van der Waals surface area contributed by atoms with Gasteiger partial charge in [0.25, 0.3) is 0 Å². The molecule has 2 aromatic carbocycles. The quantitative estimate of drug-likeness (QED) is 0.768. The van der Waals surface area contributed by atoms with Gasteiger partial charge in [-0.1, -0.05) is 42.5 Å². The van der Waals surface area contributed by atoms with Crippen LogP contribution >= 0.6 is 0 Å². The van der Waals surface area contributed by atoms with Gasteiger partial charge in [0.15, 0.2) is 0 Å². The Labute approximate surface area is 131 Å². The molecule has 1 unspecified atom stereocenters. The second-order valence-electron chi connectivity index (χ2n) is 5.26. The summed E-state index contributed by atoms with van der Waals surface area (Å²) in [5.41, 5.74) is 1.96. The zero-order chi connectivity index (χ0) is 16.6. The van der Waals surface area contributed by atoms with Crippen molar-refractivity contribution in [2.75, 3.05) is 0 Å². The molecule has 0 aliphatic carbocycles. The lowest BCUT2D eigenvalue weighted by atomic mass is 9.88. The summed E-state index contributed by atoms with van der Waals surface area (Å²) in [7, 11) is 0. The monoisotopic (exact) mass is 310 g/mol. The second kappa shape index (κ2) is 5.61. The Morgan fingerprint density at radius 2 is 1.70 bits per heavy atom. The van der Waals surface area contributed by atoms with E-state index < -0.39 is 17.9 Å². The van der Waals surface area contributed by atoms with Crippen molar-refractivity contribution in [3.8, 4) is 0 Å². The van der Waals surface area contributed by atoms with Crippen LogP contribution in [0.2, 0.25) is 0 Å². The van der Waals surface area contributed by atoms with Crippen molar-refractivity contribution in [2.45, 2.75) is 12.8 Å². The third-order valence-corrected chi connectivity index (χ3v) is 3.87. The average Bonchev–Trinajstić information content (AvgIpc) is 2.86. The molecule has 5 heteroatoms. The van der Waals surface area contributed by atoms with Crippen molar-refractivity contribution >= 4 is 22.9 Å².